The van der Waals surface area contributed by atoms with Gasteiger partial charge in [0.25, 0.3) is 0 Å². The van der Waals surface area contributed by atoms with Crippen LogP contribution in [-0.4, -0.2) is 51.0 Å². The van der Waals surface area contributed by atoms with Crippen LogP contribution in [0.25, 0.3) is 0 Å². The number of nitrogens with one attached hydrogen (secondary N) is 2. The zero-order valence-electron chi connectivity index (χ0n) is 17.9. The Morgan fingerprint density at radius 3 is 2.17 bits per heavy atom. The lowest BCUT2D eigenvalue weighted by molar-refractivity contribution is -0.192. The Balaban J connectivity index is 0.000000762. The summed E-state index contributed by atoms with van der Waals surface area (Å²) in [7, 11) is -4.33. The Labute approximate surface area is 195 Å². The molecule has 0 spiro atoms. The Bertz CT molecular complexity index is 1110. The molecule has 2 aromatic rings. The van der Waals surface area contributed by atoms with Gasteiger partial charge in [0.05, 0.1) is 0 Å². The normalized spacial score (nSPS) is 12.1. The summed E-state index contributed by atoms with van der Waals surface area (Å²) in [5.41, 5.74) is 5.85. The van der Waals surface area contributed by atoms with E-state index in [0.717, 1.165) is 0 Å². The van der Waals surface area contributed by atoms with Gasteiger partial charge < -0.3 is 35.1 Å². The first-order valence-corrected chi connectivity index (χ1v) is 11.2. The first-order chi connectivity index (χ1) is 16.0. The second-order valence-electron chi connectivity index (χ2n) is 6.87. The van der Waals surface area contributed by atoms with Crippen LogP contribution < -0.4 is 15.8 Å². The molecule has 0 radical (unpaired) electrons. The van der Waals surface area contributed by atoms with Crippen molar-refractivity contribution < 1.29 is 56.2 Å². The van der Waals surface area contributed by atoms with E-state index in [2.05, 4.69) is 5.32 Å². The SMILES string of the molecule is CC(Cc1ccc(C(=O)Oc2ccc(C(=N)N)cc2)o1)C(=O)NCP(=O)(O)O.O=C(O)C(F)(F)F. The average Bonchev–Trinajstić information content (AvgIpc) is 3.20. The highest BCUT2D eigenvalue weighted by atomic mass is 31.2. The van der Waals surface area contributed by atoms with E-state index in [4.69, 9.17) is 40.0 Å². The van der Waals surface area contributed by atoms with Crippen LogP contribution >= 0.6 is 7.60 Å². The molecule has 0 saturated heterocycles. The molecule has 0 aliphatic rings. The van der Waals surface area contributed by atoms with Crippen molar-refractivity contribution in [2.45, 2.75) is 19.5 Å². The molecule has 0 aliphatic heterocycles. The van der Waals surface area contributed by atoms with Crippen LogP contribution in [0.2, 0.25) is 0 Å². The number of hydrogen-bond acceptors (Lipinski definition) is 7. The number of nitrogen functional groups attached to an aromatic ring is 1. The Morgan fingerprint density at radius 1 is 1.17 bits per heavy atom. The van der Waals surface area contributed by atoms with E-state index in [1.54, 1.807) is 6.92 Å². The van der Waals surface area contributed by atoms with Crippen LogP contribution in [0.4, 0.5) is 13.2 Å². The lowest BCUT2D eigenvalue weighted by Crippen LogP contribution is -2.30. The molecular formula is C19H21F3N3O9P. The van der Waals surface area contributed by atoms with Gasteiger partial charge in [0.15, 0.2) is 0 Å². The molecule has 1 unspecified atom stereocenters. The van der Waals surface area contributed by atoms with Crippen LogP contribution in [0, 0.1) is 11.3 Å². The minimum Gasteiger partial charge on any atom is -0.475 e. The fraction of sp³-hybridized carbons (Fsp3) is 0.263. The number of esters is 1. The summed E-state index contributed by atoms with van der Waals surface area (Å²) >= 11 is 0. The van der Waals surface area contributed by atoms with Gasteiger partial charge in [0, 0.05) is 17.9 Å². The van der Waals surface area contributed by atoms with Crippen LogP contribution in [0.5, 0.6) is 5.75 Å². The standard InChI is InChI=1S/C17H20N3O7P.C2HF3O2/c1-10(16(21)20-9-28(23,24)25)8-13-6-7-14(26-13)17(22)27-12-4-2-11(3-5-12)15(18)19;3-2(4,5)1(6)7/h2-7,10H,8-9H2,1H3,(H3,18,19)(H,20,21)(H2,23,24,25);(H,6,7). The number of nitrogens with two attached hydrogens (primary N) is 1. The van der Waals surface area contributed by atoms with Crippen molar-refractivity contribution in [3.8, 4) is 5.75 Å². The molecule has 2 rings (SSSR count). The maximum absolute atomic E-state index is 12.1. The van der Waals surface area contributed by atoms with E-state index >= 15 is 0 Å². The number of rotatable bonds is 8. The summed E-state index contributed by atoms with van der Waals surface area (Å²) in [5.74, 6) is -4.24. The predicted octanol–water partition coefficient (Wildman–Crippen LogP) is 1.85. The van der Waals surface area contributed by atoms with Gasteiger partial charge in [-0.3, -0.25) is 14.8 Å². The molecule has 7 N–H and O–H groups in total. The second kappa shape index (κ2) is 12.1. The number of halogens is 3. The largest absolute Gasteiger partial charge is 0.490 e. The molecule has 0 aliphatic carbocycles. The van der Waals surface area contributed by atoms with Crippen LogP contribution in [0.1, 0.15) is 28.8 Å². The van der Waals surface area contributed by atoms with Gasteiger partial charge in [0.2, 0.25) is 11.7 Å². The number of hydrogen-bond donors (Lipinski definition) is 6. The Morgan fingerprint density at radius 2 is 1.71 bits per heavy atom. The quantitative estimate of drug-likeness (QED) is 0.0971. The fourth-order valence-electron chi connectivity index (χ4n) is 2.21. The number of carbonyl (C=O) groups excluding carboxylic acids is 2. The first-order valence-electron chi connectivity index (χ1n) is 9.37. The molecule has 0 saturated carbocycles. The van der Waals surface area contributed by atoms with Gasteiger partial charge in [-0.15, -0.1) is 0 Å². The molecule has 0 fully saturated rings. The molecule has 12 nitrogen and oxygen atoms in total. The smallest absolute Gasteiger partial charge is 0.475 e. The topological polar surface area (TPSA) is 213 Å². The fourth-order valence-corrected chi connectivity index (χ4v) is 2.57. The number of carboxylic acid groups (broad SMARTS) is 1. The third-order valence-corrected chi connectivity index (χ3v) is 4.47. The molecule has 1 atom stereocenters. The summed E-state index contributed by atoms with van der Waals surface area (Å²) in [6.45, 7) is 1.56. The third-order valence-electron chi connectivity index (χ3n) is 3.90. The van der Waals surface area contributed by atoms with Crippen molar-refractivity contribution in [2.24, 2.45) is 11.7 Å². The van der Waals surface area contributed by atoms with E-state index in [1.807, 2.05) is 0 Å². The van der Waals surface area contributed by atoms with E-state index in [-0.39, 0.29) is 23.8 Å². The number of carboxylic acids is 1. The summed E-state index contributed by atoms with van der Waals surface area (Å²) in [6.07, 6.45) is -5.69. The molecule has 0 bridgehead atoms. The number of amidine groups is 1. The summed E-state index contributed by atoms with van der Waals surface area (Å²) in [6, 6.07) is 8.98. The number of benzene rings is 1. The number of alkyl halides is 3. The summed E-state index contributed by atoms with van der Waals surface area (Å²) in [5, 5.41) is 16.6. The number of furan rings is 1. The third kappa shape index (κ3) is 10.9. The molecule has 1 heterocycles. The van der Waals surface area contributed by atoms with Crippen molar-refractivity contribution in [3.63, 3.8) is 0 Å². The molecule has 16 heteroatoms. The van der Waals surface area contributed by atoms with Crippen molar-refractivity contribution in [2.75, 3.05) is 6.29 Å². The molecule has 35 heavy (non-hydrogen) atoms. The van der Waals surface area contributed by atoms with Gasteiger partial charge in [-0.2, -0.15) is 13.2 Å². The highest BCUT2D eigenvalue weighted by Crippen LogP contribution is 2.32. The van der Waals surface area contributed by atoms with Crippen LogP contribution in [0.3, 0.4) is 0 Å². The number of carbonyl (C=O) groups is 3. The molecule has 1 aromatic carbocycles. The number of amides is 1. The number of aliphatic carboxylic acids is 1. The van der Waals surface area contributed by atoms with E-state index in [9.17, 15) is 27.3 Å². The van der Waals surface area contributed by atoms with Crippen LogP contribution in [0.15, 0.2) is 40.8 Å². The van der Waals surface area contributed by atoms with Gasteiger partial charge >= 0.3 is 25.7 Å². The Kier molecular flexibility index (Phi) is 10.2. The summed E-state index contributed by atoms with van der Waals surface area (Å²) < 4.78 is 53.1. The predicted molar refractivity (Wildman–Crippen MR) is 113 cm³/mol. The highest BCUT2D eigenvalue weighted by molar-refractivity contribution is 7.51. The lowest BCUT2D eigenvalue weighted by atomic mass is 10.1. The second-order valence-corrected chi connectivity index (χ2v) is 8.51. The lowest BCUT2D eigenvalue weighted by Gasteiger charge is -2.11. The molecule has 1 aromatic heterocycles. The van der Waals surface area contributed by atoms with E-state index in [0.29, 0.717) is 11.3 Å². The molecule has 192 valence electrons. The van der Waals surface area contributed by atoms with Crippen LogP contribution in [-0.2, 0) is 20.6 Å². The zero-order chi connectivity index (χ0) is 27.0. The van der Waals surface area contributed by atoms with E-state index in [1.165, 1.54) is 36.4 Å². The van der Waals surface area contributed by atoms with Gasteiger partial charge in [-0.1, -0.05) is 6.92 Å². The monoisotopic (exact) mass is 523 g/mol. The molecule has 1 amide bonds. The maximum Gasteiger partial charge on any atom is 0.490 e. The van der Waals surface area contributed by atoms with Crippen molar-refractivity contribution >= 4 is 31.3 Å². The van der Waals surface area contributed by atoms with Gasteiger partial charge in [-0.25, -0.2) is 9.59 Å². The Hall–Kier alpha value is -3.68. The van der Waals surface area contributed by atoms with Crippen molar-refractivity contribution in [3.05, 3.63) is 53.5 Å². The van der Waals surface area contributed by atoms with Gasteiger partial charge in [0.1, 0.15) is 23.6 Å². The maximum atomic E-state index is 12.1. The summed E-state index contributed by atoms with van der Waals surface area (Å²) in [4.78, 5) is 50.4. The van der Waals surface area contributed by atoms with E-state index < -0.39 is 43.8 Å². The highest BCUT2D eigenvalue weighted by Gasteiger charge is 2.38. The zero-order valence-corrected chi connectivity index (χ0v) is 18.8. The molecular weight excluding hydrogens is 502 g/mol. The first kappa shape index (κ1) is 29.4. The van der Waals surface area contributed by atoms with Gasteiger partial charge in [-0.05, 0) is 36.4 Å². The minimum absolute atomic E-state index is 0.0616. The number of ether oxygens (including phenoxy) is 1. The minimum atomic E-state index is -5.08. The van der Waals surface area contributed by atoms with Crippen molar-refractivity contribution in [1.82, 2.24) is 5.32 Å². The average molecular weight is 523 g/mol. The van der Waals surface area contributed by atoms with Crippen molar-refractivity contribution in [1.29, 1.82) is 5.41 Å².